The van der Waals surface area contributed by atoms with Gasteiger partial charge in [0.15, 0.2) is 0 Å². The number of carbonyl (C=O) groups excluding carboxylic acids is 2. The molecule has 1 N–H and O–H groups in total. The van der Waals surface area contributed by atoms with Gasteiger partial charge in [0.05, 0.1) is 13.2 Å². The molecular formula is C23H32N4O3. The topological polar surface area (TPSA) is 85.7 Å². The molecule has 1 aromatic rings. The average molecular weight is 413 g/mol. The highest BCUT2D eigenvalue weighted by Gasteiger charge is 2.47. The van der Waals surface area contributed by atoms with E-state index < -0.39 is 5.54 Å². The lowest BCUT2D eigenvalue weighted by molar-refractivity contribution is -0.144. The summed E-state index contributed by atoms with van der Waals surface area (Å²) >= 11 is 0. The first-order valence-corrected chi connectivity index (χ1v) is 11.0. The number of ether oxygens (including phenoxy) is 1. The van der Waals surface area contributed by atoms with Crippen LogP contribution in [-0.2, 0) is 9.59 Å². The molecule has 0 radical (unpaired) electrons. The van der Waals surface area contributed by atoms with Gasteiger partial charge in [0, 0.05) is 45.1 Å². The van der Waals surface area contributed by atoms with E-state index in [1.165, 1.54) is 0 Å². The van der Waals surface area contributed by atoms with Gasteiger partial charge in [-0.2, -0.15) is 5.26 Å². The molecule has 3 fully saturated rings. The molecule has 7 heteroatoms. The molecule has 2 saturated carbocycles. The summed E-state index contributed by atoms with van der Waals surface area (Å²) in [6.45, 7) is 2.88. The SMILES string of the molecule is COc1ccc(N2CCN(C(=O)[C@@H]3CCCC[C@H]3C(=O)NC3(C#N)CC3)CC2)cc1.[HH]. The lowest BCUT2D eigenvalue weighted by atomic mass is 9.77. The predicted octanol–water partition coefficient (Wildman–Crippen LogP) is 2.57. The molecule has 0 unspecified atom stereocenters. The Kier molecular flexibility index (Phi) is 5.85. The summed E-state index contributed by atoms with van der Waals surface area (Å²) in [7, 11) is 1.66. The van der Waals surface area contributed by atoms with E-state index in [-0.39, 0.29) is 25.1 Å². The van der Waals surface area contributed by atoms with E-state index in [0.717, 1.165) is 50.2 Å². The van der Waals surface area contributed by atoms with Crippen LogP contribution in [0.5, 0.6) is 5.75 Å². The number of methoxy groups -OCH3 is 1. The lowest BCUT2D eigenvalue weighted by Gasteiger charge is -2.39. The molecule has 3 aliphatic rings. The number of rotatable bonds is 5. The fourth-order valence-corrected chi connectivity index (χ4v) is 4.67. The quantitative estimate of drug-likeness (QED) is 0.803. The molecule has 2 aliphatic carbocycles. The average Bonchev–Trinajstić information content (AvgIpc) is 3.58. The molecule has 1 saturated heterocycles. The van der Waals surface area contributed by atoms with E-state index in [9.17, 15) is 14.9 Å². The summed E-state index contributed by atoms with van der Waals surface area (Å²) in [5, 5.41) is 12.2. The second kappa shape index (κ2) is 8.55. The molecule has 7 nitrogen and oxygen atoms in total. The summed E-state index contributed by atoms with van der Waals surface area (Å²) in [4.78, 5) is 30.3. The van der Waals surface area contributed by atoms with Crippen molar-refractivity contribution in [3.63, 3.8) is 0 Å². The van der Waals surface area contributed by atoms with Gasteiger partial charge in [0.1, 0.15) is 11.3 Å². The van der Waals surface area contributed by atoms with Crippen LogP contribution in [-0.4, -0.2) is 55.5 Å². The molecule has 1 aliphatic heterocycles. The molecule has 2 atom stereocenters. The zero-order chi connectivity index (χ0) is 21.1. The predicted molar refractivity (Wildman–Crippen MR) is 115 cm³/mol. The maximum Gasteiger partial charge on any atom is 0.226 e. The van der Waals surface area contributed by atoms with E-state index >= 15 is 0 Å². The number of nitrogens with zero attached hydrogens (tertiary/aromatic N) is 3. The second-order valence-corrected chi connectivity index (χ2v) is 8.69. The number of piperazine rings is 1. The Bertz CT molecular complexity index is 826. The first kappa shape index (κ1) is 20.5. The van der Waals surface area contributed by atoms with Crippen molar-refractivity contribution in [2.24, 2.45) is 11.8 Å². The smallest absolute Gasteiger partial charge is 0.226 e. The lowest BCUT2D eigenvalue weighted by Crippen LogP contribution is -2.53. The van der Waals surface area contributed by atoms with Crippen LogP contribution in [0, 0.1) is 23.2 Å². The first-order chi connectivity index (χ1) is 14.5. The van der Waals surface area contributed by atoms with Crippen molar-refractivity contribution >= 4 is 17.5 Å². The minimum Gasteiger partial charge on any atom is -0.497 e. The summed E-state index contributed by atoms with van der Waals surface area (Å²) < 4.78 is 5.22. The Morgan fingerprint density at radius 1 is 1.10 bits per heavy atom. The van der Waals surface area contributed by atoms with E-state index in [0.29, 0.717) is 25.9 Å². The summed E-state index contributed by atoms with van der Waals surface area (Å²) in [6.07, 6.45) is 4.87. The van der Waals surface area contributed by atoms with Crippen molar-refractivity contribution in [2.75, 3.05) is 38.2 Å². The molecule has 162 valence electrons. The molecule has 0 bridgehead atoms. The van der Waals surface area contributed by atoms with E-state index in [2.05, 4.69) is 16.3 Å². The molecule has 0 aromatic heterocycles. The maximum atomic E-state index is 13.3. The number of anilines is 1. The third kappa shape index (κ3) is 4.23. The van der Waals surface area contributed by atoms with Crippen LogP contribution in [0.1, 0.15) is 40.0 Å². The number of nitrogens with one attached hydrogen (secondary N) is 1. The van der Waals surface area contributed by atoms with Gasteiger partial charge in [0.25, 0.3) is 0 Å². The molecule has 1 heterocycles. The van der Waals surface area contributed by atoms with Crippen LogP contribution in [0.4, 0.5) is 5.69 Å². The Morgan fingerprint density at radius 2 is 1.73 bits per heavy atom. The van der Waals surface area contributed by atoms with Crippen LogP contribution in [0.15, 0.2) is 24.3 Å². The van der Waals surface area contributed by atoms with Gasteiger partial charge in [-0.25, -0.2) is 0 Å². The first-order valence-electron chi connectivity index (χ1n) is 11.0. The molecule has 0 spiro atoms. The highest BCUT2D eigenvalue weighted by Crippen LogP contribution is 2.37. The Labute approximate surface area is 179 Å². The fourth-order valence-electron chi connectivity index (χ4n) is 4.67. The number of nitriles is 1. The fraction of sp³-hybridized carbons (Fsp3) is 0.609. The van der Waals surface area contributed by atoms with Crippen molar-refractivity contribution in [3.8, 4) is 11.8 Å². The highest BCUT2D eigenvalue weighted by molar-refractivity contribution is 5.88. The summed E-state index contributed by atoms with van der Waals surface area (Å²) in [5.74, 6) is 0.256. The standard InChI is InChI=1S/C23H30N4O3.H2/c1-30-18-8-6-17(7-9-18)26-12-14-27(15-13-26)22(29)20-5-3-2-4-19(20)21(28)25-23(16-24)10-11-23;/h6-9,19-20H,2-5,10-15H2,1H3,(H,25,28);1H/t19-,20-;/m1./s1. The van der Waals surface area contributed by atoms with Crippen LogP contribution in [0.2, 0.25) is 0 Å². The Hall–Kier alpha value is -2.75. The Morgan fingerprint density at radius 3 is 2.30 bits per heavy atom. The number of amides is 2. The van der Waals surface area contributed by atoms with Gasteiger partial charge in [-0.05, 0) is 49.9 Å². The number of hydrogen-bond donors (Lipinski definition) is 1. The largest absolute Gasteiger partial charge is 0.497 e. The third-order valence-electron chi connectivity index (χ3n) is 6.78. The summed E-state index contributed by atoms with van der Waals surface area (Å²) in [6, 6.07) is 10.2. The molecule has 4 rings (SSSR count). The van der Waals surface area contributed by atoms with E-state index in [1.54, 1.807) is 7.11 Å². The molecule has 2 amide bonds. The highest BCUT2D eigenvalue weighted by atomic mass is 16.5. The second-order valence-electron chi connectivity index (χ2n) is 8.69. The zero-order valence-corrected chi connectivity index (χ0v) is 17.6. The van der Waals surface area contributed by atoms with Gasteiger partial charge in [0.2, 0.25) is 11.8 Å². The van der Waals surface area contributed by atoms with Gasteiger partial charge in [-0.1, -0.05) is 12.8 Å². The van der Waals surface area contributed by atoms with Crippen molar-refractivity contribution in [1.29, 1.82) is 5.26 Å². The van der Waals surface area contributed by atoms with Crippen molar-refractivity contribution in [3.05, 3.63) is 24.3 Å². The van der Waals surface area contributed by atoms with Gasteiger partial charge < -0.3 is 19.9 Å². The molecule has 1 aromatic carbocycles. The summed E-state index contributed by atoms with van der Waals surface area (Å²) in [5.41, 5.74) is 0.454. The van der Waals surface area contributed by atoms with Gasteiger partial charge in [-0.15, -0.1) is 0 Å². The van der Waals surface area contributed by atoms with E-state index in [1.807, 2.05) is 29.2 Å². The van der Waals surface area contributed by atoms with Gasteiger partial charge >= 0.3 is 0 Å². The number of hydrogen-bond acceptors (Lipinski definition) is 5. The minimum atomic E-state index is -0.674. The Balaban J connectivity index is 0.00000272. The van der Waals surface area contributed by atoms with Crippen molar-refractivity contribution < 1.29 is 15.8 Å². The minimum absolute atomic E-state index is 0. The van der Waals surface area contributed by atoms with Gasteiger partial charge in [-0.3, -0.25) is 9.59 Å². The third-order valence-corrected chi connectivity index (χ3v) is 6.78. The zero-order valence-electron chi connectivity index (χ0n) is 17.6. The number of carbonyl (C=O) groups is 2. The molecule has 30 heavy (non-hydrogen) atoms. The normalized spacial score (nSPS) is 25.2. The van der Waals surface area contributed by atoms with Crippen LogP contribution < -0.4 is 15.0 Å². The van der Waals surface area contributed by atoms with Crippen LogP contribution in [0.25, 0.3) is 0 Å². The van der Waals surface area contributed by atoms with E-state index in [4.69, 9.17) is 4.74 Å². The van der Waals surface area contributed by atoms with Crippen LogP contribution >= 0.6 is 0 Å². The van der Waals surface area contributed by atoms with Crippen molar-refractivity contribution in [2.45, 2.75) is 44.1 Å². The maximum absolute atomic E-state index is 13.3. The molecular weight excluding hydrogens is 380 g/mol. The van der Waals surface area contributed by atoms with Crippen LogP contribution in [0.3, 0.4) is 0 Å². The van der Waals surface area contributed by atoms with Crippen molar-refractivity contribution in [1.82, 2.24) is 10.2 Å². The monoisotopic (exact) mass is 412 g/mol. The number of benzene rings is 1.